The molecule has 0 spiro atoms. The van der Waals surface area contributed by atoms with Crippen molar-refractivity contribution in [1.29, 1.82) is 0 Å². The lowest BCUT2D eigenvalue weighted by molar-refractivity contribution is 0.102. The molecule has 3 N–H and O–H groups in total. The van der Waals surface area contributed by atoms with Crippen molar-refractivity contribution in [2.24, 2.45) is 0 Å². The van der Waals surface area contributed by atoms with Crippen molar-refractivity contribution >= 4 is 33.5 Å². The van der Waals surface area contributed by atoms with Crippen molar-refractivity contribution in [3.05, 3.63) is 115 Å². The second kappa shape index (κ2) is 9.55. The first-order valence-electron chi connectivity index (χ1n) is 12.5. The summed E-state index contributed by atoms with van der Waals surface area (Å²) >= 11 is 0. The van der Waals surface area contributed by atoms with Gasteiger partial charge in [-0.25, -0.2) is 9.37 Å². The fourth-order valence-corrected chi connectivity index (χ4v) is 4.74. The van der Waals surface area contributed by atoms with E-state index in [1.165, 1.54) is 12.1 Å². The number of rotatable bonds is 5. The van der Waals surface area contributed by atoms with E-state index in [-0.39, 0.29) is 11.7 Å². The molecule has 0 saturated heterocycles. The number of nitrogens with zero attached hydrogens (tertiary/aromatic N) is 4. The number of anilines is 1. The highest BCUT2D eigenvalue weighted by Crippen LogP contribution is 2.34. The van der Waals surface area contributed by atoms with Gasteiger partial charge in [-0.1, -0.05) is 18.2 Å². The van der Waals surface area contributed by atoms with Crippen LogP contribution in [0.15, 0.2) is 104 Å². The molecule has 0 atom stereocenters. The van der Waals surface area contributed by atoms with Gasteiger partial charge in [0, 0.05) is 57.1 Å². The van der Waals surface area contributed by atoms with E-state index in [2.05, 4.69) is 35.5 Å². The molecule has 0 unspecified atom stereocenters. The van der Waals surface area contributed by atoms with Crippen LogP contribution in [0.4, 0.5) is 10.1 Å². The summed E-state index contributed by atoms with van der Waals surface area (Å²) < 4.78 is 13.5. The Morgan fingerprint density at radius 1 is 0.775 bits per heavy atom. The summed E-state index contributed by atoms with van der Waals surface area (Å²) in [5.74, 6) is -0.505. The minimum absolute atomic E-state index is 0.210. The van der Waals surface area contributed by atoms with Gasteiger partial charge in [-0.05, 0) is 60.7 Å². The van der Waals surface area contributed by atoms with Gasteiger partial charge in [0.15, 0.2) is 5.65 Å². The number of carbonyl (C=O) groups excluding carboxylic acids is 1. The number of carbonyl (C=O) groups is 1. The van der Waals surface area contributed by atoms with Crippen LogP contribution in [0.1, 0.15) is 10.4 Å². The van der Waals surface area contributed by atoms with Crippen LogP contribution in [-0.4, -0.2) is 36.0 Å². The van der Waals surface area contributed by atoms with E-state index in [0.717, 1.165) is 44.4 Å². The average Bonchev–Trinajstić information content (AvgIpc) is 3.62. The van der Waals surface area contributed by atoms with E-state index < -0.39 is 0 Å². The Bertz CT molecular complexity index is 2010. The van der Waals surface area contributed by atoms with Gasteiger partial charge in [0.2, 0.25) is 0 Å². The maximum Gasteiger partial charge on any atom is 0.255 e. The number of hydrogen-bond acceptors (Lipinski definition) is 5. The van der Waals surface area contributed by atoms with Crippen LogP contribution in [0.2, 0.25) is 0 Å². The van der Waals surface area contributed by atoms with E-state index >= 15 is 0 Å². The molecule has 0 aliphatic heterocycles. The van der Waals surface area contributed by atoms with Crippen LogP contribution in [0.5, 0.6) is 0 Å². The summed E-state index contributed by atoms with van der Waals surface area (Å²) in [6.45, 7) is 0. The van der Waals surface area contributed by atoms with Crippen molar-refractivity contribution in [3.8, 4) is 33.8 Å². The van der Waals surface area contributed by atoms with E-state index in [9.17, 15) is 9.18 Å². The van der Waals surface area contributed by atoms with Crippen molar-refractivity contribution in [2.75, 3.05) is 5.32 Å². The molecule has 192 valence electrons. The number of halogens is 1. The predicted octanol–water partition coefficient (Wildman–Crippen LogP) is 6.62. The normalized spacial score (nSPS) is 11.2. The lowest BCUT2D eigenvalue weighted by Gasteiger charge is -2.07. The van der Waals surface area contributed by atoms with Gasteiger partial charge < -0.3 is 10.3 Å². The quantitative estimate of drug-likeness (QED) is 0.234. The van der Waals surface area contributed by atoms with E-state index in [1.807, 2.05) is 42.5 Å². The number of benzene rings is 2. The highest BCUT2D eigenvalue weighted by atomic mass is 19.1. The second-order valence-electron chi connectivity index (χ2n) is 9.29. The van der Waals surface area contributed by atoms with E-state index in [4.69, 9.17) is 0 Å². The van der Waals surface area contributed by atoms with Gasteiger partial charge >= 0.3 is 0 Å². The SMILES string of the molecule is O=C(Nc1cncc(-c2cnc3[nH]nc(-c4cc5c(-c6ccc(F)cc6)nccc5[nH]4)c3c2)c1)c1ccccc1. The molecule has 0 aliphatic carbocycles. The highest BCUT2D eigenvalue weighted by molar-refractivity contribution is 6.04. The molecule has 40 heavy (non-hydrogen) atoms. The molecule has 0 fully saturated rings. The first kappa shape index (κ1) is 23.4. The van der Waals surface area contributed by atoms with Crippen LogP contribution in [0.3, 0.4) is 0 Å². The van der Waals surface area contributed by atoms with Crippen molar-refractivity contribution in [3.63, 3.8) is 0 Å². The van der Waals surface area contributed by atoms with E-state index in [0.29, 0.717) is 22.6 Å². The Labute approximate surface area is 227 Å². The van der Waals surface area contributed by atoms with Gasteiger partial charge in [-0.15, -0.1) is 0 Å². The molecule has 5 heterocycles. The number of amides is 1. The summed E-state index contributed by atoms with van der Waals surface area (Å²) in [7, 11) is 0. The predicted molar refractivity (Wildman–Crippen MR) is 152 cm³/mol. The Morgan fingerprint density at radius 3 is 2.45 bits per heavy atom. The van der Waals surface area contributed by atoms with Crippen LogP contribution in [0.25, 0.3) is 55.7 Å². The molecular formula is C31H20FN7O. The fraction of sp³-hybridized carbons (Fsp3) is 0. The summed E-state index contributed by atoms with van der Waals surface area (Å²) in [6, 6.07) is 23.0. The Balaban J connectivity index is 1.25. The molecule has 5 aromatic heterocycles. The topological polar surface area (TPSA) is 112 Å². The molecule has 9 heteroatoms. The van der Waals surface area contributed by atoms with Gasteiger partial charge in [0.05, 0.1) is 23.3 Å². The molecule has 0 radical (unpaired) electrons. The molecule has 1 amide bonds. The minimum Gasteiger partial charge on any atom is -0.353 e. The Hall–Kier alpha value is -5.70. The van der Waals surface area contributed by atoms with E-state index in [1.54, 1.807) is 49.1 Å². The lowest BCUT2D eigenvalue weighted by atomic mass is 10.1. The number of nitrogens with one attached hydrogen (secondary N) is 3. The van der Waals surface area contributed by atoms with Crippen molar-refractivity contribution in [2.45, 2.75) is 0 Å². The number of aromatic amines is 2. The van der Waals surface area contributed by atoms with Gasteiger partial charge in [-0.2, -0.15) is 5.10 Å². The molecule has 0 aliphatic rings. The smallest absolute Gasteiger partial charge is 0.255 e. The number of fused-ring (bicyclic) bond motifs is 2. The molecule has 7 rings (SSSR count). The Morgan fingerprint density at radius 2 is 1.60 bits per heavy atom. The molecule has 2 aromatic carbocycles. The standard InChI is InChI=1S/C31H20FN7O/c32-22-8-6-18(7-9-22)28-24-14-27(37-26(24)10-11-34-28)29-25-13-21(16-35-30(25)39-38-29)20-12-23(17-33-15-20)36-31(40)19-4-2-1-3-5-19/h1-17,37H,(H,36,40)(H,35,38,39). The molecule has 0 saturated carbocycles. The number of pyridine rings is 3. The molecule has 8 nitrogen and oxygen atoms in total. The second-order valence-corrected chi connectivity index (χ2v) is 9.29. The van der Waals surface area contributed by atoms with Crippen LogP contribution < -0.4 is 5.32 Å². The third-order valence-corrected chi connectivity index (χ3v) is 6.70. The summed E-state index contributed by atoms with van der Waals surface area (Å²) in [6.07, 6.45) is 6.80. The number of hydrogen-bond donors (Lipinski definition) is 3. The zero-order valence-electron chi connectivity index (χ0n) is 20.9. The summed E-state index contributed by atoms with van der Waals surface area (Å²) in [4.78, 5) is 29.5. The van der Waals surface area contributed by atoms with Gasteiger partial charge in [0.25, 0.3) is 5.91 Å². The number of H-pyrrole nitrogens is 2. The highest BCUT2D eigenvalue weighted by Gasteiger charge is 2.16. The first-order valence-corrected chi connectivity index (χ1v) is 12.5. The first-order chi connectivity index (χ1) is 19.6. The molecule has 0 bridgehead atoms. The monoisotopic (exact) mass is 525 g/mol. The lowest BCUT2D eigenvalue weighted by Crippen LogP contribution is -2.11. The Kier molecular flexibility index (Phi) is 5.59. The third kappa shape index (κ3) is 4.25. The molecular weight excluding hydrogens is 505 g/mol. The average molecular weight is 526 g/mol. The van der Waals surface area contributed by atoms with Gasteiger partial charge in [0.1, 0.15) is 11.5 Å². The maximum absolute atomic E-state index is 13.5. The van der Waals surface area contributed by atoms with Crippen LogP contribution in [-0.2, 0) is 0 Å². The maximum atomic E-state index is 13.5. The van der Waals surface area contributed by atoms with Crippen molar-refractivity contribution < 1.29 is 9.18 Å². The largest absolute Gasteiger partial charge is 0.353 e. The molecule has 7 aromatic rings. The number of aromatic nitrogens is 6. The van der Waals surface area contributed by atoms with Gasteiger partial charge in [-0.3, -0.25) is 19.9 Å². The van der Waals surface area contributed by atoms with Crippen molar-refractivity contribution in [1.82, 2.24) is 30.1 Å². The zero-order valence-corrected chi connectivity index (χ0v) is 20.9. The third-order valence-electron chi connectivity index (χ3n) is 6.70. The fourth-order valence-electron chi connectivity index (χ4n) is 4.74. The minimum atomic E-state index is -0.295. The summed E-state index contributed by atoms with van der Waals surface area (Å²) in [5, 5.41) is 12.2. The zero-order chi connectivity index (χ0) is 27.1. The van der Waals surface area contributed by atoms with Crippen LogP contribution in [0, 0.1) is 5.82 Å². The summed E-state index contributed by atoms with van der Waals surface area (Å²) in [5.41, 5.74) is 7.34. The van der Waals surface area contributed by atoms with Crippen LogP contribution >= 0.6 is 0 Å².